The molecule has 0 aromatic carbocycles. The average Bonchev–Trinajstić information content (AvgIpc) is 2.80. The van der Waals surface area contributed by atoms with Crippen LogP contribution in [-0.2, 0) is 12.8 Å². The van der Waals surface area contributed by atoms with Gasteiger partial charge in [0.05, 0.1) is 4.88 Å². The monoisotopic (exact) mass is 276 g/mol. The molecule has 0 amide bonds. The summed E-state index contributed by atoms with van der Waals surface area (Å²) >= 11 is 1.79. The molecule has 0 radical (unpaired) electrons. The minimum atomic E-state index is 0.291. The zero-order valence-corrected chi connectivity index (χ0v) is 12.9. The molecule has 2 aliphatic carbocycles. The van der Waals surface area contributed by atoms with E-state index in [1.165, 1.54) is 42.5 Å². The molecule has 1 saturated carbocycles. The normalized spacial score (nSPS) is 30.9. The molecule has 2 heteroatoms. The molecule has 0 N–H and O–H groups in total. The second kappa shape index (κ2) is 5.40. The first-order chi connectivity index (χ1) is 9.13. The second-order valence-electron chi connectivity index (χ2n) is 6.74. The topological polar surface area (TPSA) is 17.1 Å². The van der Waals surface area contributed by atoms with E-state index in [0.29, 0.717) is 23.5 Å². The highest BCUT2D eigenvalue weighted by molar-refractivity contribution is 7.14. The molecule has 0 bridgehead atoms. The molecule has 1 aromatic heterocycles. The van der Waals surface area contributed by atoms with Crippen molar-refractivity contribution in [1.29, 1.82) is 0 Å². The Kier molecular flexibility index (Phi) is 3.79. The quantitative estimate of drug-likeness (QED) is 0.703. The van der Waals surface area contributed by atoms with Crippen molar-refractivity contribution in [3.05, 3.63) is 21.4 Å². The van der Waals surface area contributed by atoms with Crippen molar-refractivity contribution >= 4 is 17.1 Å². The standard InChI is InChI=1S/C17H24OS/c1-11-7-12(2)9-14(8-11)17(18)16-10-13-5-3-4-6-15(13)19-16/h10-12,14H,3-9H2,1-2H3. The predicted octanol–water partition coefficient (Wildman–Crippen LogP) is 4.88. The summed E-state index contributed by atoms with van der Waals surface area (Å²) in [5, 5.41) is 0. The van der Waals surface area contributed by atoms with Crippen molar-refractivity contribution in [3.63, 3.8) is 0 Å². The van der Waals surface area contributed by atoms with Gasteiger partial charge in [0.2, 0.25) is 0 Å². The molecule has 2 aliphatic rings. The lowest BCUT2D eigenvalue weighted by atomic mass is 9.75. The van der Waals surface area contributed by atoms with Crippen LogP contribution in [0.15, 0.2) is 6.07 Å². The lowest BCUT2D eigenvalue weighted by Crippen LogP contribution is -2.25. The number of carbonyl (C=O) groups excluding carboxylic acids is 1. The predicted molar refractivity (Wildman–Crippen MR) is 81.0 cm³/mol. The van der Waals surface area contributed by atoms with Crippen molar-refractivity contribution in [2.75, 3.05) is 0 Å². The summed E-state index contributed by atoms with van der Waals surface area (Å²) in [5.41, 5.74) is 1.47. The van der Waals surface area contributed by atoms with Crippen LogP contribution in [0.1, 0.15) is 66.1 Å². The molecule has 1 heterocycles. The van der Waals surface area contributed by atoms with Gasteiger partial charge < -0.3 is 0 Å². The Morgan fingerprint density at radius 2 is 1.79 bits per heavy atom. The highest BCUT2D eigenvalue weighted by atomic mass is 32.1. The van der Waals surface area contributed by atoms with E-state index in [0.717, 1.165) is 17.7 Å². The number of fused-ring (bicyclic) bond motifs is 1. The maximum absolute atomic E-state index is 12.7. The zero-order chi connectivity index (χ0) is 13.4. The number of Topliss-reactive ketones (excluding diaryl/α,β-unsaturated/α-hetero) is 1. The number of hydrogen-bond acceptors (Lipinski definition) is 2. The number of rotatable bonds is 2. The molecule has 104 valence electrons. The summed E-state index contributed by atoms with van der Waals surface area (Å²) in [6.07, 6.45) is 8.50. The zero-order valence-electron chi connectivity index (χ0n) is 12.1. The number of hydrogen-bond donors (Lipinski definition) is 0. The van der Waals surface area contributed by atoms with Crippen LogP contribution in [0.5, 0.6) is 0 Å². The summed E-state index contributed by atoms with van der Waals surface area (Å²) in [4.78, 5) is 15.3. The molecule has 3 rings (SSSR count). The van der Waals surface area contributed by atoms with E-state index in [2.05, 4.69) is 19.9 Å². The van der Waals surface area contributed by atoms with Crippen molar-refractivity contribution in [2.24, 2.45) is 17.8 Å². The van der Waals surface area contributed by atoms with Crippen LogP contribution in [0.4, 0.5) is 0 Å². The molecule has 2 unspecified atom stereocenters. The molecule has 1 fully saturated rings. The van der Waals surface area contributed by atoms with Gasteiger partial charge in [-0.3, -0.25) is 4.79 Å². The van der Waals surface area contributed by atoms with E-state index in [1.807, 2.05) is 0 Å². The van der Waals surface area contributed by atoms with Gasteiger partial charge in [0.15, 0.2) is 5.78 Å². The van der Waals surface area contributed by atoms with Gasteiger partial charge in [-0.15, -0.1) is 11.3 Å². The largest absolute Gasteiger partial charge is 0.293 e. The fraction of sp³-hybridized carbons (Fsp3) is 0.706. The van der Waals surface area contributed by atoms with E-state index in [4.69, 9.17) is 0 Å². The number of carbonyl (C=O) groups is 1. The molecule has 0 aliphatic heterocycles. The van der Waals surface area contributed by atoms with Crippen LogP contribution in [0.25, 0.3) is 0 Å². The Balaban J connectivity index is 1.77. The highest BCUT2D eigenvalue weighted by Crippen LogP contribution is 2.37. The smallest absolute Gasteiger partial charge is 0.175 e. The maximum atomic E-state index is 12.7. The summed E-state index contributed by atoms with van der Waals surface area (Å²) in [6, 6.07) is 2.21. The van der Waals surface area contributed by atoms with Crippen molar-refractivity contribution in [3.8, 4) is 0 Å². The molecular formula is C17H24OS. The summed E-state index contributed by atoms with van der Waals surface area (Å²) in [7, 11) is 0. The lowest BCUT2D eigenvalue weighted by Gasteiger charge is -2.30. The van der Waals surface area contributed by atoms with Crippen molar-refractivity contribution in [2.45, 2.75) is 58.8 Å². The van der Waals surface area contributed by atoms with Gasteiger partial charge in [0, 0.05) is 10.8 Å². The minimum absolute atomic E-state index is 0.291. The van der Waals surface area contributed by atoms with Crippen LogP contribution in [0, 0.1) is 17.8 Å². The first-order valence-corrected chi connectivity index (χ1v) is 8.61. The molecule has 2 atom stereocenters. The second-order valence-corrected chi connectivity index (χ2v) is 7.88. The number of aryl methyl sites for hydroxylation is 2. The third-order valence-corrected chi connectivity index (χ3v) is 6.04. The fourth-order valence-corrected chi connectivity index (χ4v) is 5.25. The van der Waals surface area contributed by atoms with Crippen LogP contribution in [0.2, 0.25) is 0 Å². The van der Waals surface area contributed by atoms with Crippen molar-refractivity contribution in [1.82, 2.24) is 0 Å². The molecule has 1 aromatic rings. The summed E-state index contributed by atoms with van der Waals surface area (Å²) in [6.45, 7) is 4.60. The Morgan fingerprint density at radius 3 is 2.47 bits per heavy atom. The van der Waals surface area contributed by atoms with Crippen LogP contribution in [-0.4, -0.2) is 5.78 Å². The van der Waals surface area contributed by atoms with Gasteiger partial charge in [-0.1, -0.05) is 13.8 Å². The van der Waals surface area contributed by atoms with Gasteiger partial charge in [-0.2, -0.15) is 0 Å². The average molecular weight is 276 g/mol. The SMILES string of the molecule is CC1CC(C)CC(C(=O)c2cc3c(s2)CCCC3)C1. The fourth-order valence-electron chi connectivity index (χ4n) is 3.97. The van der Waals surface area contributed by atoms with Crippen LogP contribution >= 0.6 is 11.3 Å². The summed E-state index contributed by atoms with van der Waals surface area (Å²) < 4.78 is 0. The van der Waals surface area contributed by atoms with Gasteiger partial charge in [0.1, 0.15) is 0 Å². The highest BCUT2D eigenvalue weighted by Gasteiger charge is 2.30. The van der Waals surface area contributed by atoms with E-state index in [9.17, 15) is 4.79 Å². The van der Waals surface area contributed by atoms with E-state index in [-0.39, 0.29) is 0 Å². The summed E-state index contributed by atoms with van der Waals surface area (Å²) in [5.74, 6) is 2.16. The van der Waals surface area contributed by atoms with Gasteiger partial charge in [0.25, 0.3) is 0 Å². The Bertz CT molecular complexity index is 440. The lowest BCUT2D eigenvalue weighted by molar-refractivity contribution is 0.0840. The third-order valence-electron chi connectivity index (χ3n) is 4.79. The number of thiophene rings is 1. The van der Waals surface area contributed by atoms with E-state index < -0.39 is 0 Å². The Morgan fingerprint density at radius 1 is 1.11 bits per heavy atom. The maximum Gasteiger partial charge on any atom is 0.175 e. The number of ketones is 1. The van der Waals surface area contributed by atoms with E-state index >= 15 is 0 Å². The first-order valence-electron chi connectivity index (χ1n) is 7.79. The molecule has 0 spiro atoms. The van der Waals surface area contributed by atoms with Crippen LogP contribution < -0.4 is 0 Å². The van der Waals surface area contributed by atoms with Crippen LogP contribution in [0.3, 0.4) is 0 Å². The third kappa shape index (κ3) is 2.79. The van der Waals surface area contributed by atoms with Gasteiger partial charge in [-0.25, -0.2) is 0 Å². The van der Waals surface area contributed by atoms with Crippen molar-refractivity contribution < 1.29 is 4.79 Å². The first kappa shape index (κ1) is 13.4. The molecule has 0 saturated heterocycles. The molecule has 1 nitrogen and oxygen atoms in total. The minimum Gasteiger partial charge on any atom is -0.293 e. The molecular weight excluding hydrogens is 252 g/mol. The Labute approximate surface area is 120 Å². The Hall–Kier alpha value is -0.630. The molecule has 19 heavy (non-hydrogen) atoms. The van der Waals surface area contributed by atoms with Gasteiger partial charge in [-0.05, 0) is 68.4 Å². The van der Waals surface area contributed by atoms with E-state index in [1.54, 1.807) is 11.3 Å². The van der Waals surface area contributed by atoms with Gasteiger partial charge >= 0.3 is 0 Å².